The van der Waals surface area contributed by atoms with Crippen LogP contribution in [0.3, 0.4) is 0 Å². The van der Waals surface area contributed by atoms with Gasteiger partial charge in [-0.2, -0.15) is 9.40 Å². The van der Waals surface area contributed by atoms with E-state index in [0.29, 0.717) is 0 Å². The number of Topliss-reactive ketones (excluding diaryl/α,β-unsaturated/α-hetero) is 1. The zero-order chi connectivity index (χ0) is 23.3. The standard InChI is InChI=1S/C20H27FN2O7/c1-18(2,3)29-16(26)22-23(17(27)30-19(4,5)6)20(21,15(25)28-7)14(24)13-11-9-8-10-12-13/h8-12H,1-7H3,(H,22,26)/t20-/m0/s1. The normalized spacial score (nSPS) is 13.5. The van der Waals surface area contributed by atoms with Gasteiger partial charge in [0.2, 0.25) is 5.78 Å². The fourth-order valence-electron chi connectivity index (χ4n) is 2.15. The minimum atomic E-state index is -3.77. The van der Waals surface area contributed by atoms with E-state index in [-0.39, 0.29) is 10.6 Å². The summed E-state index contributed by atoms with van der Waals surface area (Å²) in [6, 6.07) is 6.91. The van der Waals surface area contributed by atoms with Crippen molar-refractivity contribution >= 4 is 23.9 Å². The van der Waals surface area contributed by atoms with Gasteiger partial charge in [-0.1, -0.05) is 30.3 Å². The number of methoxy groups -OCH3 is 1. The number of rotatable bonds is 4. The van der Waals surface area contributed by atoms with Gasteiger partial charge in [0.1, 0.15) is 11.2 Å². The Labute approximate surface area is 174 Å². The first-order chi connectivity index (χ1) is 13.6. The van der Waals surface area contributed by atoms with Crippen LogP contribution >= 0.6 is 0 Å². The minimum Gasteiger partial charge on any atom is -0.465 e. The molecule has 0 bridgehead atoms. The van der Waals surface area contributed by atoms with Crippen molar-refractivity contribution in [2.24, 2.45) is 0 Å². The third-order valence-corrected chi connectivity index (χ3v) is 3.28. The zero-order valence-electron chi connectivity index (χ0n) is 18.1. The maximum Gasteiger partial charge on any atom is 0.433 e. The summed E-state index contributed by atoms with van der Waals surface area (Å²) in [6.07, 6.45) is -2.80. The Bertz CT molecular complexity index is 800. The molecule has 1 aromatic rings. The molecule has 2 amide bonds. The molecule has 0 aliphatic rings. The van der Waals surface area contributed by atoms with Gasteiger partial charge in [-0.05, 0) is 41.5 Å². The van der Waals surface area contributed by atoms with Gasteiger partial charge in [-0.3, -0.25) is 4.79 Å². The number of nitrogens with zero attached hydrogens (tertiary/aromatic N) is 1. The number of alkyl halides is 1. The Morgan fingerprint density at radius 2 is 1.40 bits per heavy atom. The van der Waals surface area contributed by atoms with Gasteiger partial charge in [0.05, 0.1) is 7.11 Å². The van der Waals surface area contributed by atoms with Gasteiger partial charge < -0.3 is 14.2 Å². The second-order valence-corrected chi connectivity index (χ2v) is 8.24. The second kappa shape index (κ2) is 9.10. The number of esters is 1. The first-order valence-corrected chi connectivity index (χ1v) is 9.02. The Kier molecular flexibility index (Phi) is 7.54. The van der Waals surface area contributed by atoms with Crippen LogP contribution in [0.2, 0.25) is 0 Å². The van der Waals surface area contributed by atoms with Crippen molar-refractivity contribution in [3.05, 3.63) is 35.9 Å². The summed E-state index contributed by atoms with van der Waals surface area (Å²) in [4.78, 5) is 50.2. The topological polar surface area (TPSA) is 111 Å². The summed E-state index contributed by atoms with van der Waals surface area (Å²) >= 11 is 0. The van der Waals surface area contributed by atoms with Crippen LogP contribution in [0.25, 0.3) is 0 Å². The zero-order valence-corrected chi connectivity index (χ0v) is 18.1. The summed E-state index contributed by atoms with van der Waals surface area (Å²) in [5.41, 5.74) is -0.600. The molecule has 30 heavy (non-hydrogen) atoms. The second-order valence-electron chi connectivity index (χ2n) is 8.24. The van der Waals surface area contributed by atoms with Crippen molar-refractivity contribution in [2.45, 2.75) is 58.5 Å². The van der Waals surface area contributed by atoms with Crippen molar-refractivity contribution in [1.29, 1.82) is 0 Å². The number of amides is 2. The lowest BCUT2D eigenvalue weighted by molar-refractivity contribution is -0.165. The average molecular weight is 426 g/mol. The molecule has 0 aliphatic heterocycles. The van der Waals surface area contributed by atoms with Gasteiger partial charge in [0, 0.05) is 5.56 Å². The first-order valence-electron chi connectivity index (χ1n) is 9.02. The van der Waals surface area contributed by atoms with Crippen LogP contribution in [0.5, 0.6) is 0 Å². The van der Waals surface area contributed by atoms with Crippen LogP contribution in [0.15, 0.2) is 30.3 Å². The smallest absolute Gasteiger partial charge is 0.433 e. The highest BCUT2D eigenvalue weighted by Crippen LogP contribution is 2.26. The monoisotopic (exact) mass is 426 g/mol. The Morgan fingerprint density at radius 3 is 1.83 bits per heavy atom. The molecule has 0 unspecified atom stereocenters. The number of ether oxygens (including phenoxy) is 3. The Hall–Kier alpha value is -3.17. The molecule has 0 radical (unpaired) electrons. The summed E-state index contributed by atoms with van der Waals surface area (Å²) < 4.78 is 30.6. The molecule has 0 aliphatic carbocycles. The number of hydrogen-bond donors (Lipinski definition) is 1. The number of benzene rings is 1. The SMILES string of the molecule is COC(=O)[C@](F)(C(=O)c1ccccc1)N(NC(=O)OC(C)(C)C)C(=O)OC(C)(C)C. The summed E-state index contributed by atoms with van der Waals surface area (Å²) in [5.74, 6) is -6.95. The van der Waals surface area contributed by atoms with Gasteiger partial charge in [0.15, 0.2) is 0 Å². The number of hydrogen-bond acceptors (Lipinski definition) is 7. The lowest BCUT2D eigenvalue weighted by Crippen LogP contribution is -2.66. The summed E-state index contributed by atoms with van der Waals surface area (Å²) in [7, 11) is 0.829. The van der Waals surface area contributed by atoms with Crippen molar-refractivity contribution in [1.82, 2.24) is 10.4 Å². The van der Waals surface area contributed by atoms with E-state index in [1.165, 1.54) is 65.8 Å². The molecule has 0 heterocycles. The van der Waals surface area contributed by atoms with Gasteiger partial charge in [-0.25, -0.2) is 19.8 Å². The van der Waals surface area contributed by atoms with Crippen molar-refractivity contribution in [3.8, 4) is 0 Å². The molecular formula is C20H27FN2O7. The molecule has 0 aromatic heterocycles. The molecule has 1 aromatic carbocycles. The quantitative estimate of drug-likeness (QED) is 0.196. The highest BCUT2D eigenvalue weighted by atomic mass is 19.1. The largest absolute Gasteiger partial charge is 0.465 e. The molecule has 0 saturated heterocycles. The maximum absolute atomic E-state index is 16.1. The molecule has 0 fully saturated rings. The van der Waals surface area contributed by atoms with Gasteiger partial charge in [-0.15, -0.1) is 0 Å². The Morgan fingerprint density at radius 1 is 0.900 bits per heavy atom. The number of carbonyl (C=O) groups is 4. The van der Waals surface area contributed by atoms with Crippen molar-refractivity contribution < 1.29 is 37.8 Å². The van der Waals surface area contributed by atoms with Crippen LogP contribution in [0, 0.1) is 0 Å². The third-order valence-electron chi connectivity index (χ3n) is 3.28. The highest BCUT2D eigenvalue weighted by Gasteiger charge is 2.58. The van der Waals surface area contributed by atoms with E-state index in [2.05, 4.69) is 4.74 Å². The number of carbonyl (C=O) groups excluding carboxylic acids is 4. The maximum atomic E-state index is 16.1. The van der Waals surface area contributed by atoms with Gasteiger partial charge >= 0.3 is 23.9 Å². The van der Waals surface area contributed by atoms with E-state index in [1.807, 2.05) is 0 Å². The van der Waals surface area contributed by atoms with Crippen LogP contribution < -0.4 is 5.43 Å². The van der Waals surface area contributed by atoms with E-state index in [0.717, 1.165) is 7.11 Å². The lowest BCUT2D eigenvalue weighted by atomic mass is 10.0. The van der Waals surface area contributed by atoms with Crippen LogP contribution in [0.4, 0.5) is 14.0 Å². The molecule has 1 rings (SSSR count). The van der Waals surface area contributed by atoms with Crippen molar-refractivity contribution in [3.63, 3.8) is 0 Å². The fraction of sp³-hybridized carbons (Fsp3) is 0.500. The lowest BCUT2D eigenvalue weighted by Gasteiger charge is -2.35. The predicted molar refractivity (Wildman–Crippen MR) is 104 cm³/mol. The fourth-order valence-corrected chi connectivity index (χ4v) is 2.15. The molecule has 1 N–H and O–H groups in total. The van der Waals surface area contributed by atoms with E-state index in [1.54, 1.807) is 11.5 Å². The van der Waals surface area contributed by atoms with E-state index in [9.17, 15) is 19.2 Å². The first kappa shape index (κ1) is 24.9. The minimum absolute atomic E-state index is 0.159. The number of hydrazine groups is 1. The molecule has 166 valence electrons. The number of halogens is 1. The van der Waals surface area contributed by atoms with Crippen LogP contribution in [0.1, 0.15) is 51.9 Å². The summed E-state index contributed by atoms with van der Waals surface area (Å²) in [6.45, 7) is 9.03. The molecule has 0 spiro atoms. The van der Waals surface area contributed by atoms with Gasteiger partial charge in [0.25, 0.3) is 0 Å². The molecular weight excluding hydrogens is 399 g/mol. The van der Waals surface area contributed by atoms with E-state index >= 15 is 4.39 Å². The average Bonchev–Trinajstić information content (AvgIpc) is 2.62. The molecule has 9 nitrogen and oxygen atoms in total. The summed E-state index contributed by atoms with van der Waals surface area (Å²) in [5, 5.41) is -0.159. The van der Waals surface area contributed by atoms with E-state index < -0.39 is 40.9 Å². The highest BCUT2D eigenvalue weighted by molar-refractivity contribution is 6.16. The predicted octanol–water partition coefficient (Wildman–Crippen LogP) is 3.38. The number of ketones is 1. The molecule has 0 saturated carbocycles. The number of nitrogens with one attached hydrogen (secondary N) is 1. The van der Waals surface area contributed by atoms with Crippen LogP contribution in [-0.4, -0.2) is 53.1 Å². The Balaban J connectivity index is 3.51. The van der Waals surface area contributed by atoms with Crippen molar-refractivity contribution in [2.75, 3.05) is 7.11 Å². The van der Waals surface area contributed by atoms with E-state index in [4.69, 9.17) is 9.47 Å². The molecule has 10 heteroatoms. The third kappa shape index (κ3) is 6.43. The molecule has 1 atom stereocenters. The van der Waals surface area contributed by atoms with Crippen LogP contribution in [-0.2, 0) is 19.0 Å².